The highest BCUT2D eigenvalue weighted by Crippen LogP contribution is 2.24. The van der Waals surface area contributed by atoms with Gasteiger partial charge in [0.1, 0.15) is 18.2 Å². The maximum Gasteiger partial charge on any atom is 0.225 e. The Morgan fingerprint density at radius 1 is 1.27 bits per heavy atom. The van der Waals surface area contributed by atoms with Crippen LogP contribution in [0, 0.1) is 6.92 Å². The number of ether oxygens (including phenoxy) is 1. The first kappa shape index (κ1) is 14.6. The monoisotopic (exact) mass is 300 g/mol. The summed E-state index contributed by atoms with van der Waals surface area (Å²) in [5, 5.41) is 0. The van der Waals surface area contributed by atoms with E-state index in [1.165, 1.54) is 0 Å². The quantitative estimate of drug-likeness (QED) is 0.844. The maximum absolute atomic E-state index is 5.89. The molecule has 3 rings (SSSR count). The van der Waals surface area contributed by atoms with E-state index in [-0.39, 0.29) is 6.10 Å². The zero-order valence-corrected chi connectivity index (χ0v) is 13.1. The van der Waals surface area contributed by atoms with Gasteiger partial charge in [0.25, 0.3) is 0 Å². The van der Waals surface area contributed by atoms with Crippen molar-refractivity contribution in [1.82, 2.24) is 19.9 Å². The van der Waals surface area contributed by atoms with Gasteiger partial charge in [-0.05, 0) is 13.0 Å². The fourth-order valence-corrected chi connectivity index (χ4v) is 2.41. The molecule has 1 aliphatic rings. The Morgan fingerprint density at radius 3 is 2.91 bits per heavy atom. The first-order valence-electron chi connectivity index (χ1n) is 7.29. The van der Waals surface area contributed by atoms with Crippen LogP contribution in [0.4, 0.5) is 11.8 Å². The average molecular weight is 300 g/mol. The molecule has 7 nitrogen and oxygen atoms in total. The molecular formula is C15H20N6O. The van der Waals surface area contributed by atoms with Gasteiger partial charge in [-0.25, -0.2) is 19.9 Å². The highest BCUT2D eigenvalue weighted by molar-refractivity contribution is 5.40. The van der Waals surface area contributed by atoms with E-state index >= 15 is 0 Å². The number of aromatic nitrogens is 4. The van der Waals surface area contributed by atoms with Crippen molar-refractivity contribution < 1.29 is 4.74 Å². The van der Waals surface area contributed by atoms with Gasteiger partial charge in [-0.15, -0.1) is 0 Å². The smallest absolute Gasteiger partial charge is 0.225 e. The fraction of sp³-hybridized carbons (Fsp3) is 0.467. The van der Waals surface area contributed by atoms with Crippen LogP contribution in [-0.4, -0.2) is 53.7 Å². The van der Waals surface area contributed by atoms with E-state index in [4.69, 9.17) is 4.74 Å². The molecule has 1 aliphatic heterocycles. The molecular weight excluding hydrogens is 280 g/mol. The predicted octanol–water partition coefficient (Wildman–Crippen LogP) is 1.22. The number of morpholine rings is 1. The molecule has 0 saturated carbocycles. The fourth-order valence-electron chi connectivity index (χ4n) is 2.41. The highest BCUT2D eigenvalue weighted by Gasteiger charge is 2.24. The molecule has 0 amide bonds. The average Bonchev–Trinajstić information content (AvgIpc) is 2.55. The highest BCUT2D eigenvalue weighted by atomic mass is 16.5. The minimum absolute atomic E-state index is 0.0780. The van der Waals surface area contributed by atoms with Crippen molar-refractivity contribution in [3.63, 3.8) is 0 Å². The van der Waals surface area contributed by atoms with E-state index in [2.05, 4.69) is 24.8 Å². The SMILES string of the molecule is Cc1cc(N2CCO[C@@H](c3ccnc(N(C)C)n3)C2)ncn1. The molecule has 2 aromatic rings. The Morgan fingerprint density at radius 2 is 2.14 bits per heavy atom. The zero-order valence-electron chi connectivity index (χ0n) is 13.1. The maximum atomic E-state index is 5.89. The van der Waals surface area contributed by atoms with Gasteiger partial charge in [0.2, 0.25) is 5.95 Å². The molecule has 0 unspecified atom stereocenters. The van der Waals surface area contributed by atoms with Crippen LogP contribution in [0.3, 0.4) is 0 Å². The third-order valence-corrected chi connectivity index (χ3v) is 3.57. The number of anilines is 2. The molecule has 7 heteroatoms. The zero-order chi connectivity index (χ0) is 15.5. The summed E-state index contributed by atoms with van der Waals surface area (Å²) in [6.07, 6.45) is 3.30. The van der Waals surface area contributed by atoms with Gasteiger partial charge in [0, 0.05) is 38.6 Å². The van der Waals surface area contributed by atoms with E-state index in [1.807, 2.05) is 38.1 Å². The van der Waals surface area contributed by atoms with Crippen LogP contribution in [0.1, 0.15) is 17.5 Å². The van der Waals surface area contributed by atoms with E-state index in [0.717, 1.165) is 30.3 Å². The first-order valence-corrected chi connectivity index (χ1v) is 7.29. The summed E-state index contributed by atoms with van der Waals surface area (Å²) in [6.45, 7) is 4.16. The molecule has 22 heavy (non-hydrogen) atoms. The molecule has 0 aliphatic carbocycles. The second kappa shape index (κ2) is 6.23. The summed E-state index contributed by atoms with van der Waals surface area (Å²) in [5.74, 6) is 1.62. The van der Waals surface area contributed by atoms with Crippen LogP contribution < -0.4 is 9.80 Å². The molecule has 2 aromatic heterocycles. The Kier molecular flexibility index (Phi) is 4.15. The predicted molar refractivity (Wildman–Crippen MR) is 84.0 cm³/mol. The number of hydrogen-bond donors (Lipinski definition) is 0. The van der Waals surface area contributed by atoms with E-state index in [0.29, 0.717) is 12.6 Å². The van der Waals surface area contributed by atoms with Crippen molar-refractivity contribution in [3.8, 4) is 0 Å². The van der Waals surface area contributed by atoms with E-state index in [9.17, 15) is 0 Å². The standard InChI is InChI=1S/C15H20N6O/c1-11-8-14(18-10-17-11)21-6-7-22-13(9-21)12-4-5-16-15(19-12)20(2)3/h4-5,8,10,13H,6-7,9H2,1-3H3/t13-/m1/s1. The molecule has 0 aromatic carbocycles. The van der Waals surface area contributed by atoms with Crippen molar-refractivity contribution in [1.29, 1.82) is 0 Å². The van der Waals surface area contributed by atoms with Crippen molar-refractivity contribution in [2.24, 2.45) is 0 Å². The van der Waals surface area contributed by atoms with Crippen molar-refractivity contribution >= 4 is 11.8 Å². The van der Waals surface area contributed by atoms with Crippen LogP contribution >= 0.6 is 0 Å². The Balaban J connectivity index is 1.79. The van der Waals surface area contributed by atoms with Crippen molar-refractivity contribution in [2.75, 3.05) is 43.6 Å². The van der Waals surface area contributed by atoms with Crippen LogP contribution in [0.15, 0.2) is 24.7 Å². The lowest BCUT2D eigenvalue weighted by molar-refractivity contribution is 0.0367. The second-order valence-electron chi connectivity index (χ2n) is 5.50. The van der Waals surface area contributed by atoms with Gasteiger partial charge in [0.15, 0.2) is 0 Å². The summed E-state index contributed by atoms with van der Waals surface area (Å²) in [5.41, 5.74) is 1.86. The third kappa shape index (κ3) is 3.14. The Bertz CT molecular complexity index is 647. The van der Waals surface area contributed by atoms with Crippen LogP contribution in [0.5, 0.6) is 0 Å². The molecule has 1 fully saturated rings. The molecule has 3 heterocycles. The summed E-state index contributed by atoms with van der Waals surface area (Å²) in [7, 11) is 3.85. The topological polar surface area (TPSA) is 67.3 Å². The third-order valence-electron chi connectivity index (χ3n) is 3.57. The molecule has 1 saturated heterocycles. The molecule has 1 atom stereocenters. The summed E-state index contributed by atoms with van der Waals surface area (Å²) in [6, 6.07) is 3.90. The number of hydrogen-bond acceptors (Lipinski definition) is 7. The van der Waals surface area contributed by atoms with Gasteiger partial charge < -0.3 is 14.5 Å². The van der Waals surface area contributed by atoms with E-state index < -0.39 is 0 Å². The van der Waals surface area contributed by atoms with Crippen molar-refractivity contribution in [3.05, 3.63) is 36.0 Å². The summed E-state index contributed by atoms with van der Waals surface area (Å²) >= 11 is 0. The first-order chi connectivity index (χ1) is 10.6. The van der Waals surface area contributed by atoms with Crippen LogP contribution in [0.2, 0.25) is 0 Å². The Labute approximate surface area is 130 Å². The molecule has 0 bridgehead atoms. The molecule has 0 radical (unpaired) electrons. The second-order valence-corrected chi connectivity index (χ2v) is 5.50. The van der Waals surface area contributed by atoms with Crippen LogP contribution in [-0.2, 0) is 4.74 Å². The van der Waals surface area contributed by atoms with Crippen molar-refractivity contribution in [2.45, 2.75) is 13.0 Å². The van der Waals surface area contributed by atoms with E-state index in [1.54, 1.807) is 12.5 Å². The number of nitrogens with zero attached hydrogens (tertiary/aromatic N) is 6. The van der Waals surface area contributed by atoms with Gasteiger partial charge in [-0.3, -0.25) is 0 Å². The van der Waals surface area contributed by atoms with Gasteiger partial charge in [-0.1, -0.05) is 0 Å². The lowest BCUT2D eigenvalue weighted by Gasteiger charge is -2.33. The number of aryl methyl sites for hydroxylation is 1. The molecule has 0 N–H and O–H groups in total. The van der Waals surface area contributed by atoms with Gasteiger partial charge >= 0.3 is 0 Å². The lowest BCUT2D eigenvalue weighted by atomic mass is 10.2. The normalized spacial score (nSPS) is 18.3. The Hall–Kier alpha value is -2.28. The minimum Gasteiger partial charge on any atom is -0.368 e. The molecule has 0 spiro atoms. The largest absolute Gasteiger partial charge is 0.368 e. The lowest BCUT2D eigenvalue weighted by Crippen LogP contribution is -2.39. The van der Waals surface area contributed by atoms with Crippen LogP contribution in [0.25, 0.3) is 0 Å². The molecule has 116 valence electrons. The summed E-state index contributed by atoms with van der Waals surface area (Å²) < 4.78 is 5.89. The van der Waals surface area contributed by atoms with Gasteiger partial charge in [-0.2, -0.15) is 0 Å². The van der Waals surface area contributed by atoms with Gasteiger partial charge in [0.05, 0.1) is 18.8 Å². The summed E-state index contributed by atoms with van der Waals surface area (Å²) in [4.78, 5) is 21.4. The number of rotatable bonds is 3. The minimum atomic E-state index is -0.0780.